The van der Waals surface area contributed by atoms with Crippen molar-refractivity contribution in [2.24, 2.45) is 11.8 Å². The SMILES string of the molecule is CCCCC/C=C\C/C=C\CCCCCCCCC1(CCCCCCCC/C=C\C/C=C\CCCCC)C[C@@H](C(C)C)CO1. The van der Waals surface area contributed by atoms with Crippen molar-refractivity contribution in [2.75, 3.05) is 6.61 Å². The third-order valence-electron chi connectivity index (χ3n) is 9.85. The second kappa shape index (κ2) is 30.6. The molecule has 0 aromatic carbocycles. The fourth-order valence-electron chi connectivity index (χ4n) is 6.65. The van der Waals surface area contributed by atoms with Crippen LogP contribution in [0.4, 0.5) is 0 Å². The summed E-state index contributed by atoms with van der Waals surface area (Å²) in [6.07, 6.45) is 54.7. The van der Waals surface area contributed by atoms with E-state index in [1.807, 2.05) is 0 Å². The molecule has 0 N–H and O–H groups in total. The van der Waals surface area contributed by atoms with Gasteiger partial charge in [0.15, 0.2) is 0 Å². The third-order valence-corrected chi connectivity index (χ3v) is 9.85. The zero-order valence-electron chi connectivity index (χ0n) is 30.5. The highest BCUT2D eigenvalue weighted by Crippen LogP contribution is 2.41. The second-order valence-corrected chi connectivity index (χ2v) is 14.4. The molecule has 0 radical (unpaired) electrons. The molecule has 1 fully saturated rings. The van der Waals surface area contributed by atoms with Gasteiger partial charge >= 0.3 is 0 Å². The summed E-state index contributed by atoms with van der Waals surface area (Å²) < 4.78 is 6.64. The highest BCUT2D eigenvalue weighted by molar-refractivity contribution is 4.94. The maximum absolute atomic E-state index is 6.64. The van der Waals surface area contributed by atoms with E-state index in [0.717, 1.165) is 31.3 Å². The minimum atomic E-state index is 0.194. The predicted octanol–water partition coefficient (Wildman–Crippen LogP) is 14.8. The Balaban J connectivity index is 2.09. The summed E-state index contributed by atoms with van der Waals surface area (Å²) in [5.41, 5.74) is 0.194. The van der Waals surface area contributed by atoms with Crippen molar-refractivity contribution in [1.82, 2.24) is 0 Å². The van der Waals surface area contributed by atoms with E-state index in [0.29, 0.717) is 0 Å². The minimum Gasteiger partial charge on any atom is -0.375 e. The Bertz CT molecular complexity index is 662. The van der Waals surface area contributed by atoms with Gasteiger partial charge in [0.1, 0.15) is 0 Å². The quantitative estimate of drug-likeness (QED) is 0.0560. The van der Waals surface area contributed by atoms with E-state index < -0.39 is 0 Å². The van der Waals surface area contributed by atoms with Crippen LogP contribution < -0.4 is 0 Å². The van der Waals surface area contributed by atoms with Crippen molar-refractivity contribution in [1.29, 1.82) is 0 Å². The molecule has 0 aromatic heterocycles. The average Bonchev–Trinajstić information content (AvgIpc) is 3.45. The van der Waals surface area contributed by atoms with Crippen molar-refractivity contribution < 1.29 is 4.74 Å². The molecule has 1 saturated heterocycles. The van der Waals surface area contributed by atoms with Gasteiger partial charge in [-0.25, -0.2) is 0 Å². The first-order valence-corrected chi connectivity index (χ1v) is 19.9. The molecule has 256 valence electrons. The lowest BCUT2D eigenvalue weighted by Gasteiger charge is -2.29. The molecule has 0 spiro atoms. The molecule has 0 saturated carbocycles. The van der Waals surface area contributed by atoms with Crippen LogP contribution in [0.5, 0.6) is 0 Å². The van der Waals surface area contributed by atoms with Gasteiger partial charge in [-0.05, 0) is 95.3 Å². The van der Waals surface area contributed by atoms with Crippen molar-refractivity contribution in [3.8, 4) is 0 Å². The van der Waals surface area contributed by atoms with Crippen LogP contribution in [0.25, 0.3) is 0 Å². The molecule has 1 heterocycles. The smallest absolute Gasteiger partial charge is 0.0686 e. The Morgan fingerprint density at radius 2 is 0.864 bits per heavy atom. The second-order valence-electron chi connectivity index (χ2n) is 14.4. The maximum atomic E-state index is 6.64. The first-order chi connectivity index (χ1) is 21.6. The van der Waals surface area contributed by atoms with Crippen LogP contribution in [0.3, 0.4) is 0 Å². The molecule has 0 aliphatic carbocycles. The number of allylic oxidation sites excluding steroid dienone is 8. The van der Waals surface area contributed by atoms with Gasteiger partial charge in [-0.3, -0.25) is 0 Å². The van der Waals surface area contributed by atoms with E-state index >= 15 is 0 Å². The number of unbranched alkanes of at least 4 members (excludes halogenated alkanes) is 18. The summed E-state index contributed by atoms with van der Waals surface area (Å²) in [4.78, 5) is 0. The average molecular weight is 611 g/mol. The molecular formula is C43H78O. The number of hydrogen-bond donors (Lipinski definition) is 0. The van der Waals surface area contributed by atoms with Crippen LogP contribution in [-0.4, -0.2) is 12.2 Å². The predicted molar refractivity (Wildman–Crippen MR) is 200 cm³/mol. The lowest BCUT2D eigenvalue weighted by Crippen LogP contribution is -2.28. The molecule has 0 unspecified atom stereocenters. The zero-order valence-corrected chi connectivity index (χ0v) is 30.5. The summed E-state index contributed by atoms with van der Waals surface area (Å²) in [6, 6.07) is 0. The Morgan fingerprint density at radius 3 is 1.23 bits per heavy atom. The van der Waals surface area contributed by atoms with Crippen LogP contribution in [0, 0.1) is 11.8 Å². The summed E-state index contributed by atoms with van der Waals surface area (Å²) in [5, 5.41) is 0. The normalized spacial score (nSPS) is 17.2. The Morgan fingerprint density at radius 1 is 0.500 bits per heavy atom. The van der Waals surface area contributed by atoms with Crippen LogP contribution in [-0.2, 0) is 4.74 Å². The van der Waals surface area contributed by atoms with Gasteiger partial charge in [0.05, 0.1) is 12.2 Å². The molecule has 1 nitrogen and oxygen atoms in total. The third kappa shape index (κ3) is 24.2. The molecular weight excluding hydrogens is 532 g/mol. The van der Waals surface area contributed by atoms with Crippen LogP contribution in [0.2, 0.25) is 0 Å². The van der Waals surface area contributed by atoms with Crippen LogP contribution >= 0.6 is 0 Å². The topological polar surface area (TPSA) is 9.23 Å². The summed E-state index contributed by atoms with van der Waals surface area (Å²) >= 11 is 0. The summed E-state index contributed by atoms with van der Waals surface area (Å²) in [6.45, 7) is 10.3. The van der Waals surface area contributed by atoms with Crippen molar-refractivity contribution >= 4 is 0 Å². The molecule has 44 heavy (non-hydrogen) atoms. The fourth-order valence-corrected chi connectivity index (χ4v) is 6.65. The molecule has 1 aliphatic heterocycles. The van der Waals surface area contributed by atoms with E-state index in [9.17, 15) is 0 Å². The van der Waals surface area contributed by atoms with Gasteiger partial charge in [-0.2, -0.15) is 0 Å². The standard InChI is InChI=1S/C43H78O/c1-5-7-9-11-13-15-17-19-21-23-25-27-29-31-33-35-37-43(39-42(40-44-43)41(3)4)38-36-34-32-30-28-26-24-22-20-18-16-14-12-10-8-6-2/h13-16,19-22,41-42H,5-12,17-18,23-40H2,1-4H3/b15-13-,16-14-,21-19-,22-20-/t42-/m1/s1. The Labute approximate surface area is 277 Å². The first kappa shape index (κ1) is 40.9. The monoisotopic (exact) mass is 611 g/mol. The van der Waals surface area contributed by atoms with E-state index in [-0.39, 0.29) is 5.60 Å². The number of ether oxygens (including phenoxy) is 1. The highest BCUT2D eigenvalue weighted by Gasteiger charge is 2.40. The highest BCUT2D eigenvalue weighted by atomic mass is 16.5. The Kier molecular flexibility index (Phi) is 28.4. The van der Waals surface area contributed by atoms with E-state index in [1.165, 1.54) is 161 Å². The summed E-state index contributed by atoms with van der Waals surface area (Å²) in [5.74, 6) is 1.52. The largest absolute Gasteiger partial charge is 0.375 e. The van der Waals surface area contributed by atoms with Gasteiger partial charge in [0, 0.05) is 0 Å². The van der Waals surface area contributed by atoms with E-state index in [4.69, 9.17) is 4.74 Å². The molecule has 0 aromatic rings. The van der Waals surface area contributed by atoms with Crippen molar-refractivity contribution in [2.45, 2.75) is 207 Å². The molecule has 0 amide bonds. The lowest BCUT2D eigenvalue weighted by atomic mass is 9.81. The zero-order chi connectivity index (χ0) is 31.8. The lowest BCUT2D eigenvalue weighted by molar-refractivity contribution is -0.0144. The van der Waals surface area contributed by atoms with Gasteiger partial charge in [0.25, 0.3) is 0 Å². The summed E-state index contributed by atoms with van der Waals surface area (Å²) in [7, 11) is 0. The molecule has 1 atom stereocenters. The maximum Gasteiger partial charge on any atom is 0.0686 e. The fraction of sp³-hybridized carbons (Fsp3) is 0.814. The van der Waals surface area contributed by atoms with E-state index in [1.54, 1.807) is 0 Å². The molecule has 1 heteroatoms. The molecule has 1 aliphatic rings. The van der Waals surface area contributed by atoms with Crippen LogP contribution in [0.1, 0.15) is 201 Å². The van der Waals surface area contributed by atoms with Crippen molar-refractivity contribution in [3.05, 3.63) is 48.6 Å². The van der Waals surface area contributed by atoms with Gasteiger partial charge < -0.3 is 4.74 Å². The van der Waals surface area contributed by atoms with Gasteiger partial charge in [-0.15, -0.1) is 0 Å². The minimum absolute atomic E-state index is 0.194. The van der Waals surface area contributed by atoms with E-state index in [2.05, 4.69) is 76.3 Å². The molecule has 0 bridgehead atoms. The molecule has 1 rings (SSSR count). The van der Waals surface area contributed by atoms with Crippen LogP contribution in [0.15, 0.2) is 48.6 Å². The number of hydrogen-bond acceptors (Lipinski definition) is 1. The number of rotatable bonds is 31. The van der Waals surface area contributed by atoms with Gasteiger partial charge in [-0.1, -0.05) is 166 Å². The van der Waals surface area contributed by atoms with Crippen molar-refractivity contribution in [3.63, 3.8) is 0 Å². The first-order valence-electron chi connectivity index (χ1n) is 19.9. The Hall–Kier alpha value is -1.08. The van der Waals surface area contributed by atoms with Gasteiger partial charge in [0.2, 0.25) is 0 Å².